The van der Waals surface area contributed by atoms with E-state index in [2.05, 4.69) is 54.6 Å². The second-order valence-corrected chi connectivity index (χ2v) is 4.73. The molecular weight excluding hydrogens is 230 g/mol. The minimum atomic E-state index is 1.05. The molecule has 3 aromatic carbocycles. The van der Waals surface area contributed by atoms with Crippen molar-refractivity contribution in [1.29, 1.82) is 0 Å². The summed E-state index contributed by atoms with van der Waals surface area (Å²) < 4.78 is 0. The Hall–Kier alpha value is -2.54. The van der Waals surface area contributed by atoms with Gasteiger partial charge in [-0.2, -0.15) is 0 Å². The van der Waals surface area contributed by atoms with Crippen molar-refractivity contribution in [3.05, 3.63) is 77.9 Å². The molecule has 1 nitrogen and oxygen atoms in total. The summed E-state index contributed by atoms with van der Waals surface area (Å²) >= 11 is 0. The van der Waals surface area contributed by atoms with Gasteiger partial charge in [-0.25, -0.2) is 5.32 Å². The zero-order valence-corrected chi connectivity index (χ0v) is 10.4. The average Bonchev–Trinajstić information content (AvgIpc) is 2.93. The summed E-state index contributed by atoms with van der Waals surface area (Å²) in [4.78, 5) is 0. The van der Waals surface area contributed by atoms with Gasteiger partial charge >= 0.3 is 0 Å². The second kappa shape index (κ2) is 3.99. The first-order chi connectivity index (χ1) is 9.42. The van der Waals surface area contributed by atoms with E-state index in [-0.39, 0.29) is 0 Å². The first-order valence-electron chi connectivity index (χ1n) is 6.42. The molecule has 4 rings (SSSR count). The zero-order valence-electron chi connectivity index (χ0n) is 10.4. The molecule has 3 aromatic rings. The maximum Gasteiger partial charge on any atom is 0.0716 e. The van der Waals surface area contributed by atoms with Gasteiger partial charge in [0.15, 0.2) is 0 Å². The van der Waals surface area contributed by atoms with Gasteiger partial charge in [-0.3, -0.25) is 0 Å². The van der Waals surface area contributed by atoms with Gasteiger partial charge in [-0.1, -0.05) is 60.7 Å². The minimum Gasteiger partial charge on any atom is -0.248 e. The van der Waals surface area contributed by atoms with Crippen LogP contribution in [0, 0.1) is 0 Å². The van der Waals surface area contributed by atoms with Crippen LogP contribution in [0.1, 0.15) is 11.1 Å². The first-order valence-corrected chi connectivity index (χ1v) is 6.42. The van der Waals surface area contributed by atoms with E-state index in [0.717, 1.165) is 11.4 Å². The van der Waals surface area contributed by atoms with Gasteiger partial charge < -0.3 is 0 Å². The third-order valence-electron chi connectivity index (χ3n) is 3.54. The fraction of sp³-hybridized carbons (Fsp3) is 0. The molecule has 0 aliphatic carbocycles. The van der Waals surface area contributed by atoms with Gasteiger partial charge in [0.2, 0.25) is 0 Å². The van der Waals surface area contributed by atoms with Gasteiger partial charge in [0.1, 0.15) is 0 Å². The molecule has 0 amide bonds. The van der Waals surface area contributed by atoms with Crippen LogP contribution in [-0.4, -0.2) is 0 Å². The van der Waals surface area contributed by atoms with E-state index in [9.17, 15) is 0 Å². The smallest absolute Gasteiger partial charge is 0.0716 e. The molecule has 0 unspecified atom stereocenters. The van der Waals surface area contributed by atoms with E-state index < -0.39 is 0 Å². The van der Waals surface area contributed by atoms with Crippen LogP contribution in [0.25, 0.3) is 22.5 Å². The number of rotatable bonds is 1. The van der Waals surface area contributed by atoms with E-state index in [0.29, 0.717) is 0 Å². The highest BCUT2D eigenvalue weighted by Crippen LogP contribution is 2.36. The number of hydrogen-bond donors (Lipinski definition) is 0. The molecule has 89 valence electrons. The van der Waals surface area contributed by atoms with Gasteiger partial charge in [0.25, 0.3) is 0 Å². The van der Waals surface area contributed by atoms with Crippen molar-refractivity contribution in [2.45, 2.75) is 0 Å². The van der Waals surface area contributed by atoms with Crippen LogP contribution < -0.4 is 5.32 Å². The van der Waals surface area contributed by atoms with Crippen molar-refractivity contribution in [2.75, 3.05) is 0 Å². The molecule has 0 fully saturated rings. The highest BCUT2D eigenvalue weighted by atomic mass is 14.9. The van der Waals surface area contributed by atoms with Crippen LogP contribution in [-0.2, 0) is 0 Å². The van der Waals surface area contributed by atoms with Crippen molar-refractivity contribution in [3.63, 3.8) is 0 Å². The Kier molecular flexibility index (Phi) is 2.18. The molecule has 0 saturated carbocycles. The Bertz CT molecular complexity index is 785. The van der Waals surface area contributed by atoms with Gasteiger partial charge in [0.05, 0.1) is 11.4 Å². The molecule has 1 aliphatic heterocycles. The van der Waals surface area contributed by atoms with Crippen molar-refractivity contribution >= 4 is 28.2 Å². The minimum absolute atomic E-state index is 1.05. The standard InChI is InChI=1S/C18H12N/c1-2-7-14(8-3-1)18-12-16-15-9-5-4-6-13(15)10-11-17(16)19-18/h1-12H. The molecular formula is C18H12N. The van der Waals surface area contributed by atoms with Crippen molar-refractivity contribution < 1.29 is 0 Å². The van der Waals surface area contributed by atoms with E-state index in [1.165, 1.54) is 21.9 Å². The van der Waals surface area contributed by atoms with Crippen LogP contribution in [0.3, 0.4) is 0 Å². The average molecular weight is 242 g/mol. The Morgan fingerprint density at radius 3 is 2.37 bits per heavy atom. The maximum absolute atomic E-state index is 4.73. The van der Waals surface area contributed by atoms with Gasteiger partial charge in [-0.15, -0.1) is 0 Å². The van der Waals surface area contributed by atoms with Crippen LogP contribution >= 0.6 is 0 Å². The predicted molar refractivity (Wildman–Crippen MR) is 80.1 cm³/mol. The van der Waals surface area contributed by atoms with Crippen LogP contribution in [0.5, 0.6) is 0 Å². The lowest BCUT2D eigenvalue weighted by Crippen LogP contribution is -1.91. The van der Waals surface area contributed by atoms with Crippen molar-refractivity contribution in [1.82, 2.24) is 5.32 Å². The largest absolute Gasteiger partial charge is 0.248 e. The van der Waals surface area contributed by atoms with E-state index >= 15 is 0 Å². The number of hydrogen-bond acceptors (Lipinski definition) is 0. The van der Waals surface area contributed by atoms with Gasteiger partial charge in [0, 0.05) is 11.1 Å². The summed E-state index contributed by atoms with van der Waals surface area (Å²) in [5, 5.41) is 7.27. The monoisotopic (exact) mass is 242 g/mol. The molecule has 1 heteroatoms. The fourth-order valence-electron chi connectivity index (χ4n) is 2.59. The Morgan fingerprint density at radius 1 is 0.684 bits per heavy atom. The summed E-state index contributed by atoms with van der Waals surface area (Å²) in [7, 11) is 0. The second-order valence-electron chi connectivity index (χ2n) is 4.73. The quantitative estimate of drug-likeness (QED) is 0.592. The number of fused-ring (bicyclic) bond motifs is 3. The molecule has 1 radical (unpaired) electrons. The lowest BCUT2D eigenvalue weighted by molar-refractivity contribution is 1.24. The zero-order chi connectivity index (χ0) is 12.7. The lowest BCUT2D eigenvalue weighted by atomic mass is 10.0. The topological polar surface area (TPSA) is 14.1 Å². The predicted octanol–water partition coefficient (Wildman–Crippen LogP) is 4.59. The molecule has 0 N–H and O–H groups in total. The molecule has 0 spiro atoms. The van der Waals surface area contributed by atoms with Crippen LogP contribution in [0.15, 0.2) is 66.7 Å². The normalized spacial score (nSPS) is 12.9. The molecule has 1 aliphatic rings. The van der Waals surface area contributed by atoms with Crippen molar-refractivity contribution in [2.24, 2.45) is 0 Å². The lowest BCUT2D eigenvalue weighted by Gasteiger charge is -2.03. The number of nitrogens with zero attached hydrogens (tertiary/aromatic N) is 1. The highest BCUT2D eigenvalue weighted by Gasteiger charge is 2.16. The maximum atomic E-state index is 4.73. The summed E-state index contributed by atoms with van der Waals surface area (Å²) in [6.07, 6.45) is 2.19. The Morgan fingerprint density at radius 2 is 1.47 bits per heavy atom. The molecule has 0 aromatic heterocycles. The van der Waals surface area contributed by atoms with Crippen molar-refractivity contribution in [3.8, 4) is 0 Å². The SMILES string of the molecule is C1=C(c2ccccc2)[N]c2ccc3ccccc3c21. The molecule has 0 bridgehead atoms. The molecule has 0 atom stereocenters. The molecule has 0 saturated heterocycles. The summed E-state index contributed by atoms with van der Waals surface area (Å²) in [5.41, 5.74) is 4.52. The van der Waals surface area contributed by atoms with E-state index in [1.807, 2.05) is 18.2 Å². The summed E-state index contributed by atoms with van der Waals surface area (Å²) in [6.45, 7) is 0. The van der Waals surface area contributed by atoms with Crippen LogP contribution in [0.2, 0.25) is 0 Å². The summed E-state index contributed by atoms with van der Waals surface area (Å²) in [5.74, 6) is 0. The fourth-order valence-corrected chi connectivity index (χ4v) is 2.59. The van der Waals surface area contributed by atoms with E-state index in [4.69, 9.17) is 5.32 Å². The first kappa shape index (κ1) is 10.4. The van der Waals surface area contributed by atoms with Gasteiger partial charge in [-0.05, 0) is 22.9 Å². The Labute approximate surface area is 112 Å². The highest BCUT2D eigenvalue weighted by molar-refractivity contribution is 6.03. The van der Waals surface area contributed by atoms with E-state index in [1.54, 1.807) is 0 Å². The summed E-state index contributed by atoms with van der Waals surface area (Å²) in [6, 6.07) is 23.0. The Balaban J connectivity index is 1.91. The van der Waals surface area contributed by atoms with Crippen LogP contribution in [0.4, 0.5) is 5.69 Å². The molecule has 1 heterocycles. The third-order valence-corrected chi connectivity index (χ3v) is 3.54. The third kappa shape index (κ3) is 1.63. The number of benzene rings is 3. The molecule has 19 heavy (non-hydrogen) atoms.